The largest absolute Gasteiger partial charge is 0.372 e. The van der Waals surface area contributed by atoms with Gasteiger partial charge in [0.2, 0.25) is 0 Å². The maximum absolute atomic E-state index is 5.75. The zero-order chi connectivity index (χ0) is 11.4. The highest BCUT2D eigenvalue weighted by molar-refractivity contribution is 5.55. The molecule has 2 heteroatoms. The van der Waals surface area contributed by atoms with Gasteiger partial charge in [0.15, 0.2) is 0 Å². The average Bonchev–Trinajstić information content (AvgIpc) is 2.27. The van der Waals surface area contributed by atoms with Crippen molar-refractivity contribution in [2.45, 2.75) is 39.8 Å². The standard InChI is InChI=1S/C13H22N2/c1-5-11(3)15(4)13-8-10(2)6-7-12(13)9-14/h6-8,11H,5,9,14H2,1-4H3. The number of benzene rings is 1. The third-order valence-corrected chi connectivity index (χ3v) is 3.09. The van der Waals surface area contributed by atoms with E-state index in [1.807, 2.05) is 0 Å². The van der Waals surface area contributed by atoms with Crippen molar-refractivity contribution >= 4 is 5.69 Å². The summed E-state index contributed by atoms with van der Waals surface area (Å²) in [5.74, 6) is 0. The van der Waals surface area contributed by atoms with Crippen LogP contribution in [-0.4, -0.2) is 13.1 Å². The lowest BCUT2D eigenvalue weighted by Gasteiger charge is -2.28. The maximum atomic E-state index is 5.75. The van der Waals surface area contributed by atoms with E-state index >= 15 is 0 Å². The smallest absolute Gasteiger partial charge is 0.0414 e. The van der Waals surface area contributed by atoms with Crippen LogP contribution in [0, 0.1) is 6.92 Å². The molecular formula is C13H22N2. The van der Waals surface area contributed by atoms with Gasteiger partial charge >= 0.3 is 0 Å². The van der Waals surface area contributed by atoms with E-state index in [1.165, 1.54) is 16.8 Å². The van der Waals surface area contributed by atoms with E-state index in [2.05, 4.69) is 50.9 Å². The summed E-state index contributed by atoms with van der Waals surface area (Å²) in [6, 6.07) is 7.02. The first-order valence-corrected chi connectivity index (χ1v) is 5.62. The summed E-state index contributed by atoms with van der Waals surface area (Å²) in [6.45, 7) is 7.17. The van der Waals surface area contributed by atoms with Crippen LogP contribution in [0.4, 0.5) is 5.69 Å². The SMILES string of the molecule is CCC(C)N(C)c1cc(C)ccc1CN. The summed E-state index contributed by atoms with van der Waals surface area (Å²) in [7, 11) is 2.14. The molecule has 0 heterocycles. The van der Waals surface area contributed by atoms with Crippen LogP contribution < -0.4 is 10.6 Å². The molecule has 15 heavy (non-hydrogen) atoms. The quantitative estimate of drug-likeness (QED) is 0.820. The minimum absolute atomic E-state index is 0.553. The molecule has 1 aromatic carbocycles. The third-order valence-electron chi connectivity index (χ3n) is 3.09. The summed E-state index contributed by atoms with van der Waals surface area (Å²) < 4.78 is 0. The molecule has 0 bridgehead atoms. The van der Waals surface area contributed by atoms with Gasteiger partial charge in [-0.25, -0.2) is 0 Å². The molecule has 0 fully saturated rings. The fraction of sp³-hybridized carbons (Fsp3) is 0.538. The Kier molecular flexibility index (Phi) is 4.15. The molecule has 0 saturated heterocycles. The van der Waals surface area contributed by atoms with Gasteiger partial charge in [0.25, 0.3) is 0 Å². The molecule has 0 aromatic heterocycles. The van der Waals surface area contributed by atoms with Crippen LogP contribution in [0.2, 0.25) is 0 Å². The van der Waals surface area contributed by atoms with Gasteiger partial charge in [0.1, 0.15) is 0 Å². The molecule has 0 radical (unpaired) electrons. The highest BCUT2D eigenvalue weighted by Crippen LogP contribution is 2.23. The van der Waals surface area contributed by atoms with Crippen molar-refractivity contribution in [3.05, 3.63) is 29.3 Å². The predicted octanol–water partition coefficient (Wildman–Crippen LogP) is 2.69. The molecule has 0 aliphatic rings. The van der Waals surface area contributed by atoms with Crippen molar-refractivity contribution in [3.63, 3.8) is 0 Å². The zero-order valence-electron chi connectivity index (χ0n) is 10.2. The van der Waals surface area contributed by atoms with E-state index in [-0.39, 0.29) is 0 Å². The van der Waals surface area contributed by atoms with E-state index < -0.39 is 0 Å². The normalized spacial score (nSPS) is 12.6. The highest BCUT2D eigenvalue weighted by Gasteiger charge is 2.11. The third kappa shape index (κ3) is 2.72. The van der Waals surface area contributed by atoms with E-state index in [0.717, 1.165) is 6.42 Å². The zero-order valence-corrected chi connectivity index (χ0v) is 10.2. The second-order valence-corrected chi connectivity index (χ2v) is 4.20. The number of hydrogen-bond donors (Lipinski definition) is 1. The maximum Gasteiger partial charge on any atom is 0.0414 e. The van der Waals surface area contributed by atoms with E-state index in [1.54, 1.807) is 0 Å². The van der Waals surface area contributed by atoms with Crippen molar-refractivity contribution in [3.8, 4) is 0 Å². The van der Waals surface area contributed by atoms with Gasteiger partial charge in [-0.3, -0.25) is 0 Å². The van der Waals surface area contributed by atoms with Crippen LogP contribution in [0.15, 0.2) is 18.2 Å². The molecule has 2 N–H and O–H groups in total. The van der Waals surface area contributed by atoms with Crippen molar-refractivity contribution in [2.24, 2.45) is 5.73 Å². The lowest BCUT2D eigenvalue weighted by molar-refractivity contribution is 0.661. The van der Waals surface area contributed by atoms with Crippen LogP contribution in [0.1, 0.15) is 31.4 Å². The topological polar surface area (TPSA) is 29.3 Å². The molecule has 2 nitrogen and oxygen atoms in total. The molecule has 1 rings (SSSR count). The summed E-state index contributed by atoms with van der Waals surface area (Å²) in [4.78, 5) is 2.31. The van der Waals surface area contributed by atoms with Gasteiger partial charge in [-0.15, -0.1) is 0 Å². The number of hydrogen-bond acceptors (Lipinski definition) is 2. The van der Waals surface area contributed by atoms with Crippen molar-refractivity contribution in [1.29, 1.82) is 0 Å². The monoisotopic (exact) mass is 206 g/mol. The van der Waals surface area contributed by atoms with Crippen molar-refractivity contribution < 1.29 is 0 Å². The van der Waals surface area contributed by atoms with Crippen molar-refractivity contribution in [2.75, 3.05) is 11.9 Å². The van der Waals surface area contributed by atoms with E-state index in [0.29, 0.717) is 12.6 Å². The summed E-state index contributed by atoms with van der Waals surface area (Å²) in [5, 5.41) is 0. The number of aryl methyl sites for hydroxylation is 1. The molecule has 0 aliphatic carbocycles. The molecule has 0 aliphatic heterocycles. The van der Waals surface area contributed by atoms with Crippen LogP contribution in [0.3, 0.4) is 0 Å². The van der Waals surface area contributed by atoms with Crippen LogP contribution in [0.25, 0.3) is 0 Å². The molecule has 0 saturated carbocycles. The van der Waals surface area contributed by atoms with Crippen molar-refractivity contribution in [1.82, 2.24) is 0 Å². The predicted molar refractivity (Wildman–Crippen MR) is 67.2 cm³/mol. The lowest BCUT2D eigenvalue weighted by atomic mass is 10.1. The Morgan fingerprint density at radius 3 is 2.60 bits per heavy atom. The number of rotatable bonds is 4. The molecule has 1 atom stereocenters. The van der Waals surface area contributed by atoms with Gasteiger partial charge in [0.05, 0.1) is 0 Å². The molecule has 1 aromatic rings. The number of nitrogens with zero attached hydrogens (tertiary/aromatic N) is 1. The summed E-state index contributed by atoms with van der Waals surface area (Å²) in [5.41, 5.74) is 9.54. The lowest BCUT2D eigenvalue weighted by Crippen LogP contribution is -2.29. The Labute approximate surface area is 93.1 Å². The van der Waals surface area contributed by atoms with Gasteiger partial charge in [-0.1, -0.05) is 19.1 Å². The molecule has 1 unspecified atom stereocenters. The minimum Gasteiger partial charge on any atom is -0.372 e. The Morgan fingerprint density at radius 1 is 1.40 bits per heavy atom. The summed E-state index contributed by atoms with van der Waals surface area (Å²) >= 11 is 0. The number of nitrogens with two attached hydrogens (primary N) is 1. The number of anilines is 1. The molecule has 0 spiro atoms. The Balaban J connectivity index is 3.05. The van der Waals surface area contributed by atoms with Gasteiger partial charge in [-0.05, 0) is 37.5 Å². The summed E-state index contributed by atoms with van der Waals surface area (Å²) in [6.07, 6.45) is 1.15. The Hall–Kier alpha value is -1.02. The molecular weight excluding hydrogens is 184 g/mol. The van der Waals surface area contributed by atoms with Gasteiger partial charge in [0, 0.05) is 25.3 Å². The Bertz CT molecular complexity index is 320. The first-order valence-electron chi connectivity index (χ1n) is 5.62. The van der Waals surface area contributed by atoms with E-state index in [4.69, 9.17) is 5.73 Å². The fourth-order valence-corrected chi connectivity index (χ4v) is 1.69. The fourth-order valence-electron chi connectivity index (χ4n) is 1.69. The van der Waals surface area contributed by atoms with Gasteiger partial charge in [-0.2, -0.15) is 0 Å². The van der Waals surface area contributed by atoms with Crippen LogP contribution in [0.5, 0.6) is 0 Å². The van der Waals surface area contributed by atoms with Crippen LogP contribution in [-0.2, 0) is 6.54 Å². The minimum atomic E-state index is 0.553. The first-order chi connectivity index (χ1) is 7.10. The second-order valence-electron chi connectivity index (χ2n) is 4.20. The Morgan fingerprint density at radius 2 is 2.07 bits per heavy atom. The second kappa shape index (κ2) is 5.17. The highest BCUT2D eigenvalue weighted by atomic mass is 15.1. The van der Waals surface area contributed by atoms with Gasteiger partial charge < -0.3 is 10.6 Å². The van der Waals surface area contributed by atoms with E-state index in [9.17, 15) is 0 Å². The first kappa shape index (κ1) is 12.1. The average molecular weight is 206 g/mol. The molecule has 0 amide bonds. The van der Waals surface area contributed by atoms with Crippen LogP contribution >= 0.6 is 0 Å². The molecule has 84 valence electrons.